The fraction of sp³-hybridized carbons (Fsp3) is 0.778. The normalized spacial score (nSPS) is 12.6. The molecule has 0 fully saturated rings. The minimum absolute atomic E-state index is 0.153. The minimum atomic E-state index is -1.01. The van der Waals surface area contributed by atoms with Crippen molar-refractivity contribution in [3.8, 4) is 0 Å². The van der Waals surface area contributed by atoms with Crippen molar-refractivity contribution in [1.29, 1.82) is 0 Å². The van der Waals surface area contributed by atoms with Crippen molar-refractivity contribution in [1.82, 2.24) is 5.32 Å². The molecule has 0 saturated carbocycles. The van der Waals surface area contributed by atoms with E-state index in [1.54, 1.807) is 0 Å². The number of thioether (sulfide) groups is 1. The Bertz CT molecular complexity index is 206. The summed E-state index contributed by atoms with van der Waals surface area (Å²) >= 11 is 1.54. The van der Waals surface area contributed by atoms with Crippen LogP contribution in [-0.2, 0) is 9.59 Å². The van der Waals surface area contributed by atoms with Gasteiger partial charge in [-0.15, -0.1) is 11.8 Å². The molecular weight excluding hydrogens is 202 g/mol. The molecule has 0 unspecified atom stereocenters. The number of carboxylic acids is 1. The maximum atomic E-state index is 11.5. The average Bonchev–Trinajstić information content (AvgIpc) is 2.09. The summed E-state index contributed by atoms with van der Waals surface area (Å²) in [6.45, 7) is 5.58. The molecule has 0 radical (unpaired) electrons. The molecule has 0 aromatic carbocycles. The van der Waals surface area contributed by atoms with Gasteiger partial charge in [-0.3, -0.25) is 9.59 Å². The number of hydrogen-bond acceptors (Lipinski definition) is 3. The van der Waals surface area contributed by atoms with Crippen molar-refractivity contribution < 1.29 is 14.7 Å². The Morgan fingerprint density at radius 1 is 1.43 bits per heavy atom. The van der Waals surface area contributed by atoms with Crippen molar-refractivity contribution in [3.05, 3.63) is 0 Å². The molecule has 1 amide bonds. The molecule has 0 heterocycles. The number of carbonyl (C=O) groups excluding carboxylic acids is 1. The summed E-state index contributed by atoms with van der Waals surface area (Å²) in [6.07, 6.45) is 0. The zero-order chi connectivity index (χ0) is 11.1. The van der Waals surface area contributed by atoms with Crippen molar-refractivity contribution in [3.63, 3.8) is 0 Å². The van der Waals surface area contributed by atoms with E-state index in [2.05, 4.69) is 5.32 Å². The van der Waals surface area contributed by atoms with Crippen LogP contribution in [0.25, 0.3) is 0 Å². The fourth-order valence-electron chi connectivity index (χ4n) is 1.01. The Kier molecular flexibility index (Phi) is 6.36. The van der Waals surface area contributed by atoms with Crippen LogP contribution in [0.2, 0.25) is 0 Å². The Balaban J connectivity index is 4.08. The second-order valence-electron chi connectivity index (χ2n) is 3.23. The van der Waals surface area contributed by atoms with Gasteiger partial charge in [0.05, 0.1) is 5.25 Å². The van der Waals surface area contributed by atoms with Crippen LogP contribution < -0.4 is 5.32 Å². The minimum Gasteiger partial charge on any atom is -0.480 e. The van der Waals surface area contributed by atoms with Gasteiger partial charge in [0, 0.05) is 0 Å². The van der Waals surface area contributed by atoms with Crippen LogP contribution in [0.4, 0.5) is 0 Å². The van der Waals surface area contributed by atoms with E-state index in [1.165, 1.54) is 11.8 Å². The number of aliphatic carboxylic acids is 1. The zero-order valence-electron chi connectivity index (χ0n) is 8.74. The van der Waals surface area contributed by atoms with Crippen LogP contribution >= 0.6 is 11.8 Å². The first-order valence-electron chi connectivity index (χ1n) is 4.60. The summed E-state index contributed by atoms with van der Waals surface area (Å²) in [6, 6.07) is 0. The SMILES string of the molecule is CCS[C@@H](C(=O)NCC(=O)O)C(C)C. The molecule has 0 spiro atoms. The molecule has 14 heavy (non-hydrogen) atoms. The van der Waals surface area contributed by atoms with E-state index in [0.717, 1.165) is 5.75 Å². The van der Waals surface area contributed by atoms with Gasteiger partial charge in [0.1, 0.15) is 6.54 Å². The molecular formula is C9H17NO3S. The largest absolute Gasteiger partial charge is 0.480 e. The first kappa shape index (κ1) is 13.3. The van der Waals surface area contributed by atoms with Gasteiger partial charge in [0.25, 0.3) is 0 Å². The maximum Gasteiger partial charge on any atom is 0.322 e. The zero-order valence-corrected chi connectivity index (χ0v) is 9.56. The smallest absolute Gasteiger partial charge is 0.322 e. The number of nitrogens with one attached hydrogen (secondary N) is 1. The van der Waals surface area contributed by atoms with E-state index in [9.17, 15) is 9.59 Å². The van der Waals surface area contributed by atoms with Crippen LogP contribution in [0.5, 0.6) is 0 Å². The van der Waals surface area contributed by atoms with Crippen LogP contribution in [0.3, 0.4) is 0 Å². The van der Waals surface area contributed by atoms with Gasteiger partial charge in [-0.1, -0.05) is 20.8 Å². The van der Waals surface area contributed by atoms with Gasteiger partial charge in [0.2, 0.25) is 5.91 Å². The lowest BCUT2D eigenvalue weighted by molar-refractivity contribution is -0.137. The van der Waals surface area contributed by atoms with Crippen molar-refractivity contribution in [2.45, 2.75) is 26.0 Å². The van der Waals surface area contributed by atoms with Crippen LogP contribution in [0, 0.1) is 5.92 Å². The molecule has 0 aliphatic carbocycles. The first-order chi connectivity index (χ1) is 6.49. The van der Waals surface area contributed by atoms with Gasteiger partial charge in [-0.05, 0) is 11.7 Å². The molecule has 0 aliphatic heterocycles. The highest BCUT2D eigenvalue weighted by molar-refractivity contribution is 8.00. The lowest BCUT2D eigenvalue weighted by Gasteiger charge is -2.18. The quantitative estimate of drug-likeness (QED) is 0.698. The monoisotopic (exact) mass is 219 g/mol. The summed E-state index contributed by atoms with van der Waals surface area (Å²) < 4.78 is 0. The van der Waals surface area contributed by atoms with Gasteiger partial charge in [-0.2, -0.15) is 0 Å². The van der Waals surface area contributed by atoms with E-state index in [-0.39, 0.29) is 23.6 Å². The van der Waals surface area contributed by atoms with E-state index >= 15 is 0 Å². The molecule has 1 atom stereocenters. The van der Waals surface area contributed by atoms with Crippen molar-refractivity contribution in [2.24, 2.45) is 5.92 Å². The summed E-state index contributed by atoms with van der Waals surface area (Å²) in [7, 11) is 0. The summed E-state index contributed by atoms with van der Waals surface area (Å²) in [5, 5.41) is 10.6. The number of carboxylic acid groups (broad SMARTS) is 1. The summed E-state index contributed by atoms with van der Waals surface area (Å²) in [4.78, 5) is 21.7. The average molecular weight is 219 g/mol. The maximum absolute atomic E-state index is 11.5. The van der Waals surface area contributed by atoms with Gasteiger partial charge in [0.15, 0.2) is 0 Å². The van der Waals surface area contributed by atoms with Crippen molar-refractivity contribution in [2.75, 3.05) is 12.3 Å². The van der Waals surface area contributed by atoms with Gasteiger partial charge < -0.3 is 10.4 Å². The van der Waals surface area contributed by atoms with Crippen LogP contribution in [-0.4, -0.2) is 34.5 Å². The topological polar surface area (TPSA) is 66.4 Å². The second-order valence-corrected chi connectivity index (χ2v) is 4.65. The second kappa shape index (κ2) is 6.70. The predicted molar refractivity (Wildman–Crippen MR) is 57.4 cm³/mol. The summed E-state index contributed by atoms with van der Waals surface area (Å²) in [5.74, 6) is -0.131. The standard InChI is InChI=1S/C9H17NO3S/c1-4-14-8(6(2)3)9(13)10-5-7(11)12/h6,8H,4-5H2,1-3H3,(H,10,13)(H,11,12)/t8-/m1/s1. The molecule has 0 bridgehead atoms. The van der Waals surface area contributed by atoms with E-state index in [1.807, 2.05) is 20.8 Å². The van der Waals surface area contributed by atoms with Crippen LogP contribution in [0.1, 0.15) is 20.8 Å². The van der Waals surface area contributed by atoms with Crippen LogP contribution in [0.15, 0.2) is 0 Å². The number of rotatable bonds is 6. The Hall–Kier alpha value is -0.710. The molecule has 0 rings (SSSR count). The lowest BCUT2D eigenvalue weighted by atomic mass is 10.1. The molecule has 5 heteroatoms. The Morgan fingerprint density at radius 2 is 2.00 bits per heavy atom. The molecule has 0 aliphatic rings. The molecule has 0 saturated heterocycles. The van der Waals surface area contributed by atoms with E-state index in [0.29, 0.717) is 0 Å². The third kappa shape index (κ3) is 5.11. The lowest BCUT2D eigenvalue weighted by Crippen LogP contribution is -2.38. The number of hydrogen-bond donors (Lipinski definition) is 2. The number of carbonyl (C=O) groups is 2. The highest BCUT2D eigenvalue weighted by atomic mass is 32.2. The predicted octanol–water partition coefficient (Wildman–Crippen LogP) is 0.965. The fourth-order valence-corrected chi connectivity index (χ4v) is 1.99. The Morgan fingerprint density at radius 3 is 2.36 bits per heavy atom. The molecule has 2 N–H and O–H groups in total. The summed E-state index contributed by atoms with van der Waals surface area (Å²) in [5.41, 5.74) is 0. The molecule has 0 aromatic heterocycles. The van der Waals surface area contributed by atoms with E-state index < -0.39 is 5.97 Å². The molecule has 0 aromatic rings. The Labute approximate surface area is 88.4 Å². The van der Waals surface area contributed by atoms with Gasteiger partial charge in [-0.25, -0.2) is 0 Å². The molecule has 4 nitrogen and oxygen atoms in total. The third-order valence-corrected chi connectivity index (χ3v) is 3.07. The van der Waals surface area contributed by atoms with Gasteiger partial charge >= 0.3 is 5.97 Å². The highest BCUT2D eigenvalue weighted by Crippen LogP contribution is 2.18. The third-order valence-electron chi connectivity index (χ3n) is 1.62. The number of amides is 1. The van der Waals surface area contributed by atoms with Crippen molar-refractivity contribution >= 4 is 23.6 Å². The van der Waals surface area contributed by atoms with E-state index in [4.69, 9.17) is 5.11 Å². The first-order valence-corrected chi connectivity index (χ1v) is 5.65. The molecule has 82 valence electrons. The highest BCUT2D eigenvalue weighted by Gasteiger charge is 2.21.